The summed E-state index contributed by atoms with van der Waals surface area (Å²) >= 11 is 1.45. The predicted octanol–water partition coefficient (Wildman–Crippen LogP) is 3.21. The van der Waals surface area contributed by atoms with Crippen molar-refractivity contribution in [3.8, 4) is 0 Å². The van der Waals surface area contributed by atoms with Crippen LogP contribution in [0.2, 0.25) is 0 Å². The van der Waals surface area contributed by atoms with Gasteiger partial charge in [0.25, 0.3) is 5.91 Å². The topological polar surface area (TPSA) is 36.4 Å². The Labute approximate surface area is 140 Å². The number of nitrogens with zero attached hydrogens (tertiary/aromatic N) is 3. The number of piperidine rings is 1. The average Bonchev–Trinajstić information content (AvgIpc) is 3.08. The van der Waals surface area contributed by atoms with Crippen LogP contribution < -0.4 is 4.90 Å². The summed E-state index contributed by atoms with van der Waals surface area (Å²) in [5.74, 6) is 0.535. The van der Waals surface area contributed by atoms with Crippen LogP contribution in [0.3, 0.4) is 0 Å². The van der Waals surface area contributed by atoms with Gasteiger partial charge in [0.1, 0.15) is 4.88 Å². The van der Waals surface area contributed by atoms with Gasteiger partial charge in [-0.15, -0.1) is 11.3 Å². The van der Waals surface area contributed by atoms with E-state index in [1.807, 2.05) is 11.8 Å². The maximum absolute atomic E-state index is 13.2. The molecule has 23 heavy (non-hydrogen) atoms. The van der Waals surface area contributed by atoms with Gasteiger partial charge in [-0.2, -0.15) is 0 Å². The molecule has 2 aliphatic heterocycles. The second-order valence-corrected chi connectivity index (χ2v) is 7.58. The molecule has 1 amide bonds. The van der Waals surface area contributed by atoms with Crippen molar-refractivity contribution in [3.05, 3.63) is 45.4 Å². The number of fused-ring (bicyclic) bond motifs is 3. The molecule has 0 radical (unpaired) electrons. The Kier molecular flexibility index (Phi) is 3.50. The number of likely N-dealkylation sites (tertiary alicyclic amines) is 1. The number of aromatic nitrogens is 1. The summed E-state index contributed by atoms with van der Waals surface area (Å²) < 4.78 is 0. The summed E-state index contributed by atoms with van der Waals surface area (Å²) in [4.78, 5) is 22.7. The zero-order valence-electron chi connectivity index (χ0n) is 13.7. The molecular formula is C18H21N3OS. The van der Waals surface area contributed by atoms with Gasteiger partial charge in [0.2, 0.25) is 0 Å². The lowest BCUT2D eigenvalue weighted by molar-refractivity contribution is 0.0968. The van der Waals surface area contributed by atoms with E-state index in [1.54, 1.807) is 5.51 Å². The Morgan fingerprint density at radius 2 is 2.17 bits per heavy atom. The van der Waals surface area contributed by atoms with E-state index in [0.717, 1.165) is 35.8 Å². The summed E-state index contributed by atoms with van der Waals surface area (Å²) in [5, 5.41) is 0. The first-order chi connectivity index (χ1) is 11.1. The van der Waals surface area contributed by atoms with Gasteiger partial charge < -0.3 is 9.80 Å². The van der Waals surface area contributed by atoms with Gasteiger partial charge in [-0.1, -0.05) is 17.7 Å². The fraction of sp³-hybridized carbons (Fsp3) is 0.444. The van der Waals surface area contributed by atoms with Gasteiger partial charge in [0, 0.05) is 24.2 Å². The van der Waals surface area contributed by atoms with Crippen molar-refractivity contribution in [1.29, 1.82) is 0 Å². The zero-order valence-corrected chi connectivity index (χ0v) is 14.6. The molecule has 1 aromatic heterocycles. The molecule has 4 rings (SSSR count). The van der Waals surface area contributed by atoms with Crippen molar-refractivity contribution in [2.45, 2.75) is 32.2 Å². The number of hydrogen-bond donors (Lipinski definition) is 0. The second kappa shape index (κ2) is 5.42. The summed E-state index contributed by atoms with van der Waals surface area (Å²) in [7, 11) is 2.17. The lowest BCUT2D eigenvalue weighted by atomic mass is 9.89. The number of carbonyl (C=O) groups is 1. The molecule has 0 bridgehead atoms. The summed E-state index contributed by atoms with van der Waals surface area (Å²) in [6.07, 6.45) is 1.03. The highest BCUT2D eigenvalue weighted by molar-refractivity contribution is 7.12. The molecule has 1 saturated heterocycles. The number of benzene rings is 1. The van der Waals surface area contributed by atoms with Gasteiger partial charge in [-0.25, -0.2) is 4.98 Å². The third-order valence-corrected chi connectivity index (χ3v) is 6.03. The van der Waals surface area contributed by atoms with E-state index in [9.17, 15) is 4.79 Å². The largest absolute Gasteiger partial charge is 0.306 e. The smallest absolute Gasteiger partial charge is 0.270 e. The molecule has 120 valence electrons. The molecular weight excluding hydrogens is 306 g/mol. The van der Waals surface area contributed by atoms with Gasteiger partial charge in [-0.05, 0) is 45.5 Å². The molecule has 4 nitrogen and oxygen atoms in total. The molecule has 0 aliphatic carbocycles. The van der Waals surface area contributed by atoms with E-state index in [1.165, 1.54) is 22.5 Å². The van der Waals surface area contributed by atoms with Crippen LogP contribution in [-0.4, -0.2) is 42.0 Å². The first kappa shape index (κ1) is 14.8. The van der Waals surface area contributed by atoms with Crippen molar-refractivity contribution >= 4 is 22.9 Å². The normalized spacial score (nSPS) is 23.7. The SMILES string of the molecule is Cc1ccc2c(c1)[C@@H]1CN(C)CC[C@@H]1N2C(=O)c1scnc1C. The van der Waals surface area contributed by atoms with E-state index in [2.05, 4.69) is 42.1 Å². The summed E-state index contributed by atoms with van der Waals surface area (Å²) in [5.41, 5.74) is 6.29. The third-order valence-electron chi connectivity index (χ3n) is 5.11. The highest BCUT2D eigenvalue weighted by atomic mass is 32.1. The monoisotopic (exact) mass is 327 g/mol. The Bertz CT molecular complexity index is 769. The van der Waals surface area contributed by atoms with Crippen LogP contribution in [0.15, 0.2) is 23.7 Å². The number of likely N-dealkylation sites (N-methyl/N-ethyl adjacent to an activating group) is 1. The van der Waals surface area contributed by atoms with E-state index in [0.29, 0.717) is 5.92 Å². The van der Waals surface area contributed by atoms with Crippen LogP contribution in [0.25, 0.3) is 0 Å². The van der Waals surface area contributed by atoms with E-state index < -0.39 is 0 Å². The number of thiazole rings is 1. The molecule has 0 unspecified atom stereocenters. The van der Waals surface area contributed by atoms with Crippen LogP contribution in [0, 0.1) is 13.8 Å². The molecule has 0 saturated carbocycles. The van der Waals surface area contributed by atoms with Crippen LogP contribution in [0.1, 0.15) is 38.8 Å². The molecule has 2 aromatic rings. The lowest BCUT2D eigenvalue weighted by Crippen LogP contribution is -2.47. The van der Waals surface area contributed by atoms with Crippen LogP contribution >= 0.6 is 11.3 Å². The quantitative estimate of drug-likeness (QED) is 0.807. The average molecular weight is 327 g/mol. The summed E-state index contributed by atoms with van der Waals surface area (Å²) in [6, 6.07) is 6.77. The van der Waals surface area contributed by atoms with Crippen molar-refractivity contribution in [3.63, 3.8) is 0 Å². The third kappa shape index (κ3) is 2.30. The summed E-state index contributed by atoms with van der Waals surface area (Å²) in [6.45, 7) is 6.10. The molecule has 0 N–H and O–H groups in total. The van der Waals surface area contributed by atoms with Crippen molar-refractivity contribution < 1.29 is 4.79 Å². The Morgan fingerprint density at radius 3 is 2.91 bits per heavy atom. The zero-order chi connectivity index (χ0) is 16.1. The van der Waals surface area contributed by atoms with Crippen molar-refractivity contribution in [1.82, 2.24) is 9.88 Å². The number of anilines is 1. The van der Waals surface area contributed by atoms with Gasteiger partial charge in [0.05, 0.1) is 11.2 Å². The molecule has 1 fully saturated rings. The Morgan fingerprint density at radius 1 is 1.35 bits per heavy atom. The second-order valence-electron chi connectivity index (χ2n) is 6.73. The molecule has 5 heteroatoms. The minimum atomic E-state index is 0.118. The minimum Gasteiger partial charge on any atom is -0.306 e. The van der Waals surface area contributed by atoms with Gasteiger partial charge in [0.15, 0.2) is 0 Å². The molecule has 3 heterocycles. The van der Waals surface area contributed by atoms with E-state index >= 15 is 0 Å². The molecule has 2 atom stereocenters. The van der Waals surface area contributed by atoms with Gasteiger partial charge in [-0.3, -0.25) is 4.79 Å². The molecule has 0 spiro atoms. The van der Waals surface area contributed by atoms with Crippen LogP contribution in [0.4, 0.5) is 5.69 Å². The lowest BCUT2D eigenvalue weighted by Gasteiger charge is -2.36. The maximum atomic E-state index is 13.2. The number of amides is 1. The van der Waals surface area contributed by atoms with Gasteiger partial charge >= 0.3 is 0 Å². The molecule has 1 aromatic carbocycles. The van der Waals surface area contributed by atoms with E-state index in [-0.39, 0.29) is 11.9 Å². The van der Waals surface area contributed by atoms with Crippen molar-refractivity contribution in [2.24, 2.45) is 0 Å². The highest BCUT2D eigenvalue weighted by Crippen LogP contribution is 2.45. The standard InChI is InChI=1S/C18H21N3OS/c1-11-4-5-15-13(8-11)14-9-20(3)7-6-16(14)21(15)18(22)17-12(2)19-10-23-17/h4-5,8,10,14,16H,6-7,9H2,1-3H3/t14-,16-/m0/s1. The first-order valence-corrected chi connectivity index (χ1v) is 8.97. The minimum absolute atomic E-state index is 0.118. The fourth-order valence-electron chi connectivity index (χ4n) is 3.96. The maximum Gasteiger partial charge on any atom is 0.270 e. The Hall–Kier alpha value is -1.72. The number of hydrogen-bond acceptors (Lipinski definition) is 4. The Balaban J connectivity index is 1.80. The van der Waals surface area contributed by atoms with Crippen LogP contribution in [0.5, 0.6) is 0 Å². The number of aryl methyl sites for hydroxylation is 2. The first-order valence-electron chi connectivity index (χ1n) is 8.09. The highest BCUT2D eigenvalue weighted by Gasteiger charge is 2.44. The number of rotatable bonds is 1. The fourth-order valence-corrected chi connectivity index (χ4v) is 4.70. The number of carbonyl (C=O) groups excluding carboxylic acids is 1. The van der Waals surface area contributed by atoms with Crippen LogP contribution in [-0.2, 0) is 0 Å². The predicted molar refractivity (Wildman–Crippen MR) is 93.5 cm³/mol. The van der Waals surface area contributed by atoms with E-state index in [4.69, 9.17) is 0 Å². The molecule has 2 aliphatic rings. The van der Waals surface area contributed by atoms with Crippen molar-refractivity contribution in [2.75, 3.05) is 25.0 Å².